The molecule has 17 heavy (non-hydrogen) atoms. The molecule has 0 unspecified atom stereocenters. The summed E-state index contributed by atoms with van der Waals surface area (Å²) < 4.78 is 1.57. The van der Waals surface area contributed by atoms with E-state index in [0.29, 0.717) is 10.7 Å². The molecule has 2 aromatic rings. The molecule has 1 N–H and O–H groups in total. The summed E-state index contributed by atoms with van der Waals surface area (Å²) in [7, 11) is 0. The SMILES string of the molecule is CSc1nnc(NC(=O)c2cncc(Br)c2)s1. The van der Waals surface area contributed by atoms with E-state index in [-0.39, 0.29) is 5.91 Å². The van der Waals surface area contributed by atoms with Gasteiger partial charge in [0, 0.05) is 16.9 Å². The second-order valence-corrected chi connectivity index (χ2v) is 5.87. The monoisotopic (exact) mass is 330 g/mol. The molecule has 0 aliphatic carbocycles. The van der Waals surface area contributed by atoms with Crippen LogP contribution < -0.4 is 5.32 Å². The molecule has 0 bridgehead atoms. The number of hydrogen-bond acceptors (Lipinski definition) is 6. The van der Waals surface area contributed by atoms with Crippen LogP contribution in [0.25, 0.3) is 0 Å². The highest BCUT2D eigenvalue weighted by Crippen LogP contribution is 2.23. The van der Waals surface area contributed by atoms with Crippen LogP contribution in [0.1, 0.15) is 10.4 Å². The van der Waals surface area contributed by atoms with Gasteiger partial charge in [-0.05, 0) is 28.3 Å². The van der Waals surface area contributed by atoms with Gasteiger partial charge in [0.2, 0.25) is 5.13 Å². The number of carbonyl (C=O) groups is 1. The Hall–Kier alpha value is -0.990. The van der Waals surface area contributed by atoms with Gasteiger partial charge in [-0.15, -0.1) is 10.2 Å². The average Bonchev–Trinajstić information content (AvgIpc) is 2.77. The predicted octanol–water partition coefficient (Wildman–Crippen LogP) is 2.67. The van der Waals surface area contributed by atoms with Crippen molar-refractivity contribution >= 4 is 50.1 Å². The Morgan fingerprint density at radius 1 is 1.47 bits per heavy atom. The molecule has 0 fully saturated rings. The quantitative estimate of drug-likeness (QED) is 0.692. The normalized spacial score (nSPS) is 10.2. The highest BCUT2D eigenvalue weighted by Gasteiger charge is 2.10. The molecule has 2 rings (SSSR count). The van der Waals surface area contributed by atoms with Crippen molar-refractivity contribution in [2.24, 2.45) is 0 Å². The maximum absolute atomic E-state index is 11.8. The second kappa shape index (κ2) is 5.56. The largest absolute Gasteiger partial charge is 0.296 e. The minimum Gasteiger partial charge on any atom is -0.296 e. The van der Waals surface area contributed by atoms with Gasteiger partial charge in [0.05, 0.1) is 5.56 Å². The first-order chi connectivity index (χ1) is 8.19. The molecule has 0 atom stereocenters. The first-order valence-electron chi connectivity index (χ1n) is 4.48. The lowest BCUT2D eigenvalue weighted by Gasteiger charge is -2.00. The number of thioether (sulfide) groups is 1. The van der Waals surface area contributed by atoms with Crippen LogP contribution in [0, 0.1) is 0 Å². The highest BCUT2D eigenvalue weighted by atomic mass is 79.9. The van der Waals surface area contributed by atoms with Crippen molar-refractivity contribution in [1.82, 2.24) is 15.2 Å². The van der Waals surface area contributed by atoms with E-state index >= 15 is 0 Å². The van der Waals surface area contributed by atoms with Gasteiger partial charge in [-0.3, -0.25) is 15.1 Å². The lowest BCUT2D eigenvalue weighted by molar-refractivity contribution is 0.102. The molecule has 0 radical (unpaired) electrons. The number of carbonyl (C=O) groups excluding carboxylic acids is 1. The zero-order valence-corrected chi connectivity index (χ0v) is 11.9. The van der Waals surface area contributed by atoms with Gasteiger partial charge in [-0.1, -0.05) is 23.1 Å². The van der Waals surface area contributed by atoms with E-state index in [9.17, 15) is 4.79 Å². The van der Waals surface area contributed by atoms with Crippen molar-refractivity contribution in [3.8, 4) is 0 Å². The Bertz CT molecular complexity index is 545. The summed E-state index contributed by atoms with van der Waals surface area (Å²) in [6, 6.07) is 1.69. The van der Waals surface area contributed by atoms with Crippen molar-refractivity contribution in [3.63, 3.8) is 0 Å². The third-order valence-corrected chi connectivity index (χ3v) is 4.02. The van der Waals surface area contributed by atoms with Crippen molar-refractivity contribution in [2.45, 2.75) is 4.34 Å². The first-order valence-corrected chi connectivity index (χ1v) is 7.32. The average molecular weight is 331 g/mol. The van der Waals surface area contributed by atoms with Gasteiger partial charge >= 0.3 is 0 Å². The third kappa shape index (κ3) is 3.24. The zero-order valence-electron chi connectivity index (χ0n) is 8.68. The maximum atomic E-state index is 11.8. The molecule has 0 saturated carbocycles. The molecule has 2 heterocycles. The maximum Gasteiger partial charge on any atom is 0.259 e. The third-order valence-electron chi connectivity index (χ3n) is 1.77. The number of halogens is 1. The molecular formula is C9H7BrN4OS2. The fraction of sp³-hybridized carbons (Fsp3) is 0.111. The Labute approximate surface area is 114 Å². The van der Waals surface area contributed by atoms with Crippen molar-refractivity contribution in [3.05, 3.63) is 28.5 Å². The lowest BCUT2D eigenvalue weighted by Crippen LogP contribution is -2.11. The molecular weight excluding hydrogens is 324 g/mol. The molecule has 2 aromatic heterocycles. The number of rotatable bonds is 3. The number of nitrogens with zero attached hydrogens (tertiary/aromatic N) is 3. The van der Waals surface area contributed by atoms with E-state index in [1.54, 1.807) is 12.3 Å². The zero-order chi connectivity index (χ0) is 12.3. The fourth-order valence-electron chi connectivity index (χ4n) is 1.05. The highest BCUT2D eigenvalue weighted by molar-refractivity contribution is 9.10. The van der Waals surface area contributed by atoms with Gasteiger partial charge in [0.1, 0.15) is 0 Å². The number of amides is 1. The molecule has 5 nitrogen and oxygen atoms in total. The van der Waals surface area contributed by atoms with E-state index in [0.717, 1.165) is 8.81 Å². The molecule has 1 amide bonds. The minimum atomic E-state index is -0.248. The second-order valence-electron chi connectivity index (χ2n) is 2.92. The van der Waals surface area contributed by atoms with Gasteiger partial charge < -0.3 is 0 Å². The minimum absolute atomic E-state index is 0.248. The number of aromatic nitrogens is 3. The summed E-state index contributed by atoms with van der Waals surface area (Å²) in [5.74, 6) is -0.248. The Balaban J connectivity index is 2.11. The fourth-order valence-corrected chi connectivity index (χ4v) is 2.58. The van der Waals surface area contributed by atoms with Crippen LogP contribution in [0.3, 0.4) is 0 Å². The van der Waals surface area contributed by atoms with Gasteiger partial charge in [-0.2, -0.15) is 0 Å². The molecule has 0 saturated heterocycles. The van der Waals surface area contributed by atoms with Crippen LogP contribution in [0.15, 0.2) is 27.3 Å². The molecule has 0 aliphatic heterocycles. The van der Waals surface area contributed by atoms with Crippen LogP contribution in [0.5, 0.6) is 0 Å². The smallest absolute Gasteiger partial charge is 0.259 e. The summed E-state index contributed by atoms with van der Waals surface area (Å²) in [4.78, 5) is 15.7. The van der Waals surface area contributed by atoms with Crippen LogP contribution in [0.4, 0.5) is 5.13 Å². The number of pyridine rings is 1. The number of nitrogens with one attached hydrogen (secondary N) is 1. The van der Waals surface area contributed by atoms with Gasteiger partial charge in [-0.25, -0.2) is 0 Å². The Kier molecular flexibility index (Phi) is 4.08. The summed E-state index contributed by atoms with van der Waals surface area (Å²) >= 11 is 6.09. The van der Waals surface area contributed by atoms with Gasteiger partial charge in [0.15, 0.2) is 4.34 Å². The van der Waals surface area contributed by atoms with Crippen molar-refractivity contribution in [2.75, 3.05) is 11.6 Å². The van der Waals surface area contributed by atoms with Crippen molar-refractivity contribution in [1.29, 1.82) is 0 Å². The number of hydrogen-bond donors (Lipinski definition) is 1. The topological polar surface area (TPSA) is 67.8 Å². The lowest BCUT2D eigenvalue weighted by atomic mass is 10.3. The van der Waals surface area contributed by atoms with Crippen LogP contribution in [0.2, 0.25) is 0 Å². The summed E-state index contributed by atoms with van der Waals surface area (Å²) in [6.45, 7) is 0. The summed E-state index contributed by atoms with van der Waals surface area (Å²) in [5, 5.41) is 10.9. The molecule has 8 heteroatoms. The van der Waals surface area contributed by atoms with E-state index in [2.05, 4.69) is 36.4 Å². The van der Waals surface area contributed by atoms with E-state index < -0.39 is 0 Å². The standard InChI is InChI=1S/C9H7BrN4OS2/c1-16-9-14-13-8(17-9)12-7(15)5-2-6(10)4-11-3-5/h2-4H,1H3,(H,12,13,15). The summed E-state index contributed by atoms with van der Waals surface area (Å²) in [5.41, 5.74) is 0.472. The summed E-state index contributed by atoms with van der Waals surface area (Å²) in [6.07, 6.45) is 5.02. The van der Waals surface area contributed by atoms with E-state index in [1.165, 1.54) is 29.3 Å². The molecule has 0 aromatic carbocycles. The van der Waals surface area contributed by atoms with E-state index in [1.807, 2.05) is 6.26 Å². The van der Waals surface area contributed by atoms with E-state index in [4.69, 9.17) is 0 Å². The van der Waals surface area contributed by atoms with Crippen LogP contribution >= 0.6 is 39.0 Å². The van der Waals surface area contributed by atoms with Crippen LogP contribution in [-0.4, -0.2) is 27.3 Å². The Morgan fingerprint density at radius 3 is 2.94 bits per heavy atom. The van der Waals surface area contributed by atoms with Crippen LogP contribution in [-0.2, 0) is 0 Å². The van der Waals surface area contributed by atoms with Crippen molar-refractivity contribution < 1.29 is 4.79 Å². The predicted molar refractivity (Wildman–Crippen MR) is 71.6 cm³/mol. The molecule has 88 valence electrons. The molecule has 0 spiro atoms. The Morgan fingerprint density at radius 2 is 2.29 bits per heavy atom. The molecule has 0 aliphatic rings. The number of anilines is 1. The first kappa shape index (κ1) is 12.5. The van der Waals surface area contributed by atoms with Gasteiger partial charge in [0.25, 0.3) is 5.91 Å².